The number of aryl methyl sites for hydroxylation is 2. The second kappa shape index (κ2) is 9.42. The Morgan fingerprint density at radius 3 is 2.35 bits per heavy atom. The number of hydrogen-bond donors (Lipinski definition) is 2. The Labute approximate surface area is 171 Å². The maximum Gasteiger partial charge on any atom is 0.303 e. The maximum absolute atomic E-state index is 10.7. The van der Waals surface area contributed by atoms with Gasteiger partial charge in [-0.3, -0.25) is 4.79 Å². The molecule has 26 heavy (non-hydrogen) atoms. The van der Waals surface area contributed by atoms with Crippen molar-refractivity contribution in [1.29, 1.82) is 0 Å². The molecule has 6 heteroatoms. The Kier molecular flexibility index (Phi) is 7.53. The summed E-state index contributed by atoms with van der Waals surface area (Å²) < 4.78 is 7.62. The average Bonchev–Trinajstić information content (AvgIpc) is 2.50. The molecular formula is C20H23Br2NO3. The van der Waals surface area contributed by atoms with Crippen molar-refractivity contribution in [1.82, 2.24) is 0 Å². The quantitative estimate of drug-likeness (QED) is 0.487. The monoisotopic (exact) mass is 483 g/mol. The van der Waals surface area contributed by atoms with Crippen molar-refractivity contribution in [2.45, 2.75) is 46.3 Å². The van der Waals surface area contributed by atoms with E-state index in [-0.39, 0.29) is 6.42 Å². The van der Waals surface area contributed by atoms with Gasteiger partial charge in [-0.1, -0.05) is 6.07 Å². The molecule has 0 amide bonds. The van der Waals surface area contributed by atoms with Gasteiger partial charge in [-0.2, -0.15) is 0 Å². The first-order chi connectivity index (χ1) is 12.2. The fourth-order valence-corrected chi connectivity index (χ4v) is 4.17. The van der Waals surface area contributed by atoms with Crippen molar-refractivity contribution >= 4 is 43.5 Å². The molecule has 140 valence electrons. The minimum Gasteiger partial charge on any atom is -0.487 e. The van der Waals surface area contributed by atoms with Crippen LogP contribution in [0.15, 0.2) is 39.3 Å². The van der Waals surface area contributed by atoms with Crippen LogP contribution in [0.1, 0.15) is 37.0 Å². The topological polar surface area (TPSA) is 58.6 Å². The highest BCUT2D eigenvalue weighted by molar-refractivity contribution is 9.11. The molecule has 0 radical (unpaired) electrons. The zero-order valence-electron chi connectivity index (χ0n) is 15.1. The number of rotatable bonds is 8. The Hall–Kier alpha value is -1.53. The summed E-state index contributed by atoms with van der Waals surface area (Å²) >= 11 is 7.05. The summed E-state index contributed by atoms with van der Waals surface area (Å²) in [5, 5.41) is 12.2. The van der Waals surface area contributed by atoms with E-state index in [1.807, 2.05) is 12.1 Å². The SMILES string of the molecule is Cc1cc(COc2c(Br)cc(CCC(=O)O)cc2Br)cc(NC(C)C)c1. The van der Waals surface area contributed by atoms with E-state index in [9.17, 15) is 4.79 Å². The van der Waals surface area contributed by atoms with E-state index in [0.29, 0.717) is 24.8 Å². The van der Waals surface area contributed by atoms with E-state index in [4.69, 9.17) is 9.84 Å². The normalized spacial score (nSPS) is 10.8. The molecule has 2 rings (SSSR count). The fraction of sp³-hybridized carbons (Fsp3) is 0.350. The van der Waals surface area contributed by atoms with Crippen molar-refractivity contribution in [3.8, 4) is 5.75 Å². The van der Waals surface area contributed by atoms with Gasteiger partial charge in [0.2, 0.25) is 0 Å². The fourth-order valence-electron chi connectivity index (χ4n) is 2.66. The molecule has 4 nitrogen and oxygen atoms in total. The van der Waals surface area contributed by atoms with Crippen LogP contribution >= 0.6 is 31.9 Å². The molecule has 2 aromatic carbocycles. The third kappa shape index (κ3) is 6.32. The van der Waals surface area contributed by atoms with Crippen molar-refractivity contribution in [2.75, 3.05) is 5.32 Å². The Morgan fingerprint density at radius 1 is 1.12 bits per heavy atom. The van der Waals surface area contributed by atoms with Gasteiger partial charge in [0.05, 0.1) is 8.95 Å². The lowest BCUT2D eigenvalue weighted by Crippen LogP contribution is -2.10. The molecule has 0 fully saturated rings. The minimum absolute atomic E-state index is 0.105. The number of anilines is 1. The van der Waals surface area contributed by atoms with Gasteiger partial charge >= 0.3 is 5.97 Å². The number of aliphatic carboxylic acids is 1. The lowest BCUT2D eigenvalue weighted by atomic mass is 10.1. The van der Waals surface area contributed by atoms with Crippen LogP contribution in [-0.2, 0) is 17.8 Å². The van der Waals surface area contributed by atoms with Crippen LogP contribution in [0.25, 0.3) is 0 Å². The van der Waals surface area contributed by atoms with Gasteiger partial charge in [-0.25, -0.2) is 0 Å². The van der Waals surface area contributed by atoms with Gasteiger partial charge in [0, 0.05) is 18.2 Å². The molecule has 0 aromatic heterocycles. The summed E-state index contributed by atoms with van der Waals surface area (Å²) in [5.74, 6) is -0.0909. The summed E-state index contributed by atoms with van der Waals surface area (Å²) in [6, 6.07) is 10.5. The van der Waals surface area contributed by atoms with E-state index in [1.54, 1.807) is 0 Å². The molecule has 0 aliphatic heterocycles. The van der Waals surface area contributed by atoms with Crippen LogP contribution in [0.5, 0.6) is 5.75 Å². The van der Waals surface area contributed by atoms with Gasteiger partial charge in [0.15, 0.2) is 0 Å². The van der Waals surface area contributed by atoms with Gasteiger partial charge in [-0.05, 0) is 100 Å². The molecule has 0 atom stereocenters. The highest BCUT2D eigenvalue weighted by atomic mass is 79.9. The number of carboxylic acid groups (broad SMARTS) is 1. The summed E-state index contributed by atoms with van der Waals surface area (Å²) in [4.78, 5) is 10.7. The summed E-state index contributed by atoms with van der Waals surface area (Å²) in [6.45, 7) is 6.73. The zero-order valence-corrected chi connectivity index (χ0v) is 18.3. The van der Waals surface area contributed by atoms with Crippen LogP contribution in [0, 0.1) is 6.92 Å². The molecule has 0 heterocycles. The number of nitrogens with one attached hydrogen (secondary N) is 1. The molecule has 0 saturated heterocycles. The molecule has 0 bridgehead atoms. The van der Waals surface area contributed by atoms with Gasteiger partial charge in [0.1, 0.15) is 12.4 Å². The standard InChI is InChI=1S/C20H23Br2NO3/c1-12(2)23-16-7-13(3)6-15(8-16)11-26-20-17(21)9-14(10-18(20)22)4-5-19(24)25/h6-10,12,23H,4-5,11H2,1-3H3,(H,24,25). The molecule has 0 spiro atoms. The van der Waals surface area contributed by atoms with Gasteiger partial charge in [0.25, 0.3) is 0 Å². The summed E-state index contributed by atoms with van der Waals surface area (Å²) in [5.41, 5.74) is 4.29. The Bertz CT molecular complexity index is 768. The number of hydrogen-bond acceptors (Lipinski definition) is 3. The lowest BCUT2D eigenvalue weighted by molar-refractivity contribution is -0.136. The highest BCUT2D eigenvalue weighted by Gasteiger charge is 2.11. The lowest BCUT2D eigenvalue weighted by Gasteiger charge is -2.15. The van der Waals surface area contributed by atoms with E-state index in [2.05, 4.69) is 76.1 Å². The molecule has 0 saturated carbocycles. The van der Waals surface area contributed by atoms with Crippen LogP contribution in [0.2, 0.25) is 0 Å². The first-order valence-electron chi connectivity index (χ1n) is 8.44. The number of halogens is 2. The average molecular weight is 485 g/mol. The highest BCUT2D eigenvalue weighted by Crippen LogP contribution is 2.35. The molecule has 0 unspecified atom stereocenters. The Morgan fingerprint density at radius 2 is 1.77 bits per heavy atom. The van der Waals surface area contributed by atoms with Crippen molar-refractivity contribution in [3.63, 3.8) is 0 Å². The van der Waals surface area contributed by atoms with E-state index in [1.165, 1.54) is 5.56 Å². The van der Waals surface area contributed by atoms with Crippen molar-refractivity contribution < 1.29 is 14.6 Å². The van der Waals surface area contributed by atoms with E-state index in [0.717, 1.165) is 25.8 Å². The Balaban J connectivity index is 2.12. The number of ether oxygens (including phenoxy) is 1. The summed E-state index contributed by atoms with van der Waals surface area (Å²) in [7, 11) is 0. The number of benzene rings is 2. The second-order valence-corrected chi connectivity index (χ2v) is 8.29. The maximum atomic E-state index is 10.7. The third-order valence-electron chi connectivity index (χ3n) is 3.66. The van der Waals surface area contributed by atoms with E-state index < -0.39 is 5.97 Å². The molecule has 2 aromatic rings. The van der Waals surface area contributed by atoms with Crippen LogP contribution in [0.4, 0.5) is 5.69 Å². The van der Waals surface area contributed by atoms with Gasteiger partial charge in [-0.15, -0.1) is 0 Å². The van der Waals surface area contributed by atoms with Crippen molar-refractivity contribution in [3.05, 3.63) is 56.0 Å². The summed E-state index contributed by atoms with van der Waals surface area (Å²) in [6.07, 6.45) is 0.586. The first-order valence-corrected chi connectivity index (χ1v) is 10.0. The van der Waals surface area contributed by atoms with Crippen LogP contribution in [-0.4, -0.2) is 17.1 Å². The number of carboxylic acids is 1. The van der Waals surface area contributed by atoms with Crippen molar-refractivity contribution in [2.24, 2.45) is 0 Å². The zero-order chi connectivity index (χ0) is 19.3. The molecular weight excluding hydrogens is 462 g/mol. The second-order valence-electron chi connectivity index (χ2n) is 6.58. The predicted octanol–water partition coefficient (Wildman–Crippen LogP) is 5.94. The van der Waals surface area contributed by atoms with Gasteiger partial charge < -0.3 is 15.2 Å². The number of carbonyl (C=O) groups is 1. The molecule has 0 aliphatic carbocycles. The molecule has 0 aliphatic rings. The van der Waals surface area contributed by atoms with Crippen LogP contribution < -0.4 is 10.1 Å². The first kappa shape index (κ1) is 20.8. The molecule has 2 N–H and O–H groups in total. The minimum atomic E-state index is -0.803. The third-order valence-corrected chi connectivity index (χ3v) is 4.84. The smallest absolute Gasteiger partial charge is 0.303 e. The predicted molar refractivity (Wildman–Crippen MR) is 112 cm³/mol. The largest absolute Gasteiger partial charge is 0.487 e. The van der Waals surface area contributed by atoms with Crippen LogP contribution in [0.3, 0.4) is 0 Å². The van der Waals surface area contributed by atoms with E-state index >= 15 is 0 Å².